The molecule has 28 heavy (non-hydrogen) atoms. The summed E-state index contributed by atoms with van der Waals surface area (Å²) in [6.07, 6.45) is 0. The Hall–Kier alpha value is -2.34. The maximum atomic E-state index is 12.9. The number of nitrogens with zero attached hydrogens (tertiary/aromatic N) is 3. The van der Waals surface area contributed by atoms with Crippen LogP contribution in [0, 0.1) is 11.3 Å². The molecule has 0 aliphatic carbocycles. The Labute approximate surface area is 175 Å². The molecule has 2 aromatic carbocycles. The number of hydrogen-bond acceptors (Lipinski definition) is 6. The topological polar surface area (TPSA) is 77.1 Å². The fraction of sp³-hybridized carbons (Fsp3) is 0.250. The van der Waals surface area contributed by atoms with Crippen LogP contribution in [0.15, 0.2) is 56.9 Å². The van der Waals surface area contributed by atoms with Gasteiger partial charge in [-0.1, -0.05) is 27.7 Å². The summed E-state index contributed by atoms with van der Waals surface area (Å²) < 4.78 is 13.3. The standard InChI is InChI=1S/C20H18BrN3O3S/c1-26-9-8-24-19(25)17-12-15(21)4-7-18(17)23-20(24)28-11-10-27-16-5-2-14(13-22)3-6-16/h2-7,12H,8-11H2,1H3. The average molecular weight is 460 g/mol. The Morgan fingerprint density at radius 3 is 2.71 bits per heavy atom. The average Bonchev–Trinajstić information content (AvgIpc) is 2.72. The maximum Gasteiger partial charge on any atom is 0.262 e. The molecule has 0 N–H and O–H groups in total. The first-order valence-corrected chi connectivity index (χ1v) is 10.3. The normalized spacial score (nSPS) is 10.8. The summed E-state index contributed by atoms with van der Waals surface area (Å²) >= 11 is 4.87. The summed E-state index contributed by atoms with van der Waals surface area (Å²) in [5.74, 6) is 1.33. The summed E-state index contributed by atoms with van der Waals surface area (Å²) in [5.41, 5.74) is 1.17. The molecule has 0 amide bonds. The van der Waals surface area contributed by atoms with Crippen LogP contribution in [0.4, 0.5) is 0 Å². The number of fused-ring (bicyclic) bond motifs is 1. The molecule has 0 saturated heterocycles. The zero-order valence-electron chi connectivity index (χ0n) is 15.2. The van der Waals surface area contributed by atoms with E-state index in [0.29, 0.717) is 52.9 Å². The molecule has 0 radical (unpaired) electrons. The molecule has 0 spiro atoms. The van der Waals surface area contributed by atoms with Gasteiger partial charge in [-0.05, 0) is 42.5 Å². The van der Waals surface area contributed by atoms with Crippen LogP contribution < -0.4 is 10.3 Å². The van der Waals surface area contributed by atoms with Crippen molar-refractivity contribution < 1.29 is 9.47 Å². The van der Waals surface area contributed by atoms with E-state index < -0.39 is 0 Å². The van der Waals surface area contributed by atoms with Gasteiger partial charge in [0.1, 0.15) is 5.75 Å². The monoisotopic (exact) mass is 459 g/mol. The molecular weight excluding hydrogens is 442 g/mol. The predicted octanol–water partition coefficient (Wildman–Crippen LogP) is 3.85. The van der Waals surface area contributed by atoms with Gasteiger partial charge in [0.2, 0.25) is 0 Å². The highest BCUT2D eigenvalue weighted by Crippen LogP contribution is 2.21. The molecule has 144 valence electrons. The van der Waals surface area contributed by atoms with Crippen LogP contribution in [-0.4, -0.2) is 35.6 Å². The third kappa shape index (κ3) is 4.93. The van der Waals surface area contributed by atoms with Crippen molar-refractivity contribution in [2.24, 2.45) is 0 Å². The van der Waals surface area contributed by atoms with Crippen LogP contribution >= 0.6 is 27.7 Å². The Morgan fingerprint density at radius 1 is 1.21 bits per heavy atom. The largest absolute Gasteiger partial charge is 0.493 e. The molecule has 0 unspecified atom stereocenters. The molecule has 3 rings (SSSR count). The fourth-order valence-corrected chi connectivity index (χ4v) is 3.78. The zero-order chi connectivity index (χ0) is 19.9. The summed E-state index contributed by atoms with van der Waals surface area (Å²) in [5, 5.41) is 10.0. The molecule has 6 nitrogen and oxygen atoms in total. The molecule has 0 fully saturated rings. The van der Waals surface area contributed by atoms with E-state index in [1.54, 1.807) is 42.0 Å². The number of hydrogen-bond donors (Lipinski definition) is 0. The van der Waals surface area contributed by atoms with E-state index in [-0.39, 0.29) is 5.56 Å². The highest BCUT2D eigenvalue weighted by atomic mass is 79.9. The minimum Gasteiger partial charge on any atom is -0.493 e. The van der Waals surface area contributed by atoms with Crippen molar-refractivity contribution in [2.75, 3.05) is 26.1 Å². The van der Waals surface area contributed by atoms with Crippen LogP contribution in [0.2, 0.25) is 0 Å². The van der Waals surface area contributed by atoms with Crippen molar-refractivity contribution in [1.82, 2.24) is 9.55 Å². The van der Waals surface area contributed by atoms with Crippen molar-refractivity contribution in [3.8, 4) is 11.8 Å². The first kappa shape index (κ1) is 20.4. The highest BCUT2D eigenvalue weighted by molar-refractivity contribution is 9.10. The van der Waals surface area contributed by atoms with E-state index in [2.05, 4.69) is 27.0 Å². The molecular formula is C20H18BrN3O3S. The molecule has 0 aliphatic rings. The van der Waals surface area contributed by atoms with E-state index in [0.717, 1.165) is 4.47 Å². The minimum absolute atomic E-state index is 0.0844. The number of nitriles is 1. The van der Waals surface area contributed by atoms with Gasteiger partial charge in [-0.25, -0.2) is 4.98 Å². The first-order chi connectivity index (χ1) is 13.6. The molecule has 1 heterocycles. The Kier molecular flexibility index (Phi) is 7.09. The maximum absolute atomic E-state index is 12.9. The number of halogens is 1. The molecule has 0 saturated carbocycles. The van der Waals surface area contributed by atoms with Gasteiger partial charge < -0.3 is 9.47 Å². The fourth-order valence-electron chi connectivity index (χ4n) is 2.58. The van der Waals surface area contributed by atoms with Crippen LogP contribution in [0.25, 0.3) is 10.9 Å². The van der Waals surface area contributed by atoms with E-state index in [4.69, 9.17) is 14.7 Å². The van der Waals surface area contributed by atoms with Crippen LogP contribution in [0.1, 0.15) is 5.56 Å². The molecule has 3 aromatic rings. The molecule has 8 heteroatoms. The van der Waals surface area contributed by atoms with Gasteiger partial charge in [0.05, 0.1) is 42.3 Å². The lowest BCUT2D eigenvalue weighted by atomic mass is 10.2. The molecule has 0 aliphatic heterocycles. The Balaban J connectivity index is 1.74. The SMILES string of the molecule is COCCn1c(SCCOc2ccc(C#N)cc2)nc2ccc(Br)cc2c1=O. The zero-order valence-corrected chi connectivity index (χ0v) is 17.6. The lowest BCUT2D eigenvalue weighted by Gasteiger charge is -2.13. The van der Waals surface area contributed by atoms with E-state index in [1.165, 1.54) is 11.8 Å². The minimum atomic E-state index is -0.0844. The number of thioether (sulfide) groups is 1. The second kappa shape index (κ2) is 9.73. The van der Waals surface area contributed by atoms with Crippen molar-refractivity contribution in [3.05, 3.63) is 62.9 Å². The molecule has 0 atom stereocenters. The number of benzene rings is 2. The number of ether oxygens (including phenoxy) is 2. The van der Waals surface area contributed by atoms with Gasteiger partial charge in [-0.3, -0.25) is 9.36 Å². The van der Waals surface area contributed by atoms with Gasteiger partial charge in [0.15, 0.2) is 5.16 Å². The quantitative estimate of drug-likeness (QED) is 0.289. The third-order valence-corrected chi connectivity index (χ3v) is 5.40. The smallest absolute Gasteiger partial charge is 0.262 e. The van der Waals surface area contributed by atoms with E-state index in [1.807, 2.05) is 12.1 Å². The summed E-state index contributed by atoms with van der Waals surface area (Å²) in [6.45, 7) is 1.31. The Bertz CT molecular complexity index is 1060. The summed E-state index contributed by atoms with van der Waals surface area (Å²) in [7, 11) is 1.61. The van der Waals surface area contributed by atoms with Crippen molar-refractivity contribution in [3.63, 3.8) is 0 Å². The van der Waals surface area contributed by atoms with Gasteiger partial charge in [0, 0.05) is 17.3 Å². The van der Waals surface area contributed by atoms with Crippen molar-refractivity contribution in [1.29, 1.82) is 5.26 Å². The Morgan fingerprint density at radius 2 is 2.00 bits per heavy atom. The lowest BCUT2D eigenvalue weighted by molar-refractivity contribution is 0.183. The van der Waals surface area contributed by atoms with Gasteiger partial charge in [-0.2, -0.15) is 5.26 Å². The van der Waals surface area contributed by atoms with Crippen molar-refractivity contribution in [2.45, 2.75) is 11.7 Å². The second-order valence-electron chi connectivity index (χ2n) is 5.84. The lowest BCUT2D eigenvalue weighted by Crippen LogP contribution is -2.25. The second-order valence-corrected chi connectivity index (χ2v) is 7.82. The van der Waals surface area contributed by atoms with Crippen molar-refractivity contribution >= 4 is 38.6 Å². The first-order valence-electron chi connectivity index (χ1n) is 8.57. The number of methoxy groups -OCH3 is 1. The van der Waals surface area contributed by atoms with Gasteiger partial charge in [0.25, 0.3) is 5.56 Å². The number of aromatic nitrogens is 2. The highest BCUT2D eigenvalue weighted by Gasteiger charge is 2.12. The molecule has 1 aromatic heterocycles. The van der Waals surface area contributed by atoms with Crippen LogP contribution in [0.3, 0.4) is 0 Å². The molecule has 0 bridgehead atoms. The van der Waals surface area contributed by atoms with Crippen LogP contribution in [0.5, 0.6) is 5.75 Å². The number of rotatable bonds is 8. The van der Waals surface area contributed by atoms with E-state index in [9.17, 15) is 4.79 Å². The third-order valence-electron chi connectivity index (χ3n) is 3.97. The van der Waals surface area contributed by atoms with E-state index >= 15 is 0 Å². The van der Waals surface area contributed by atoms with Gasteiger partial charge in [-0.15, -0.1) is 0 Å². The van der Waals surface area contributed by atoms with Gasteiger partial charge >= 0.3 is 0 Å². The predicted molar refractivity (Wildman–Crippen MR) is 113 cm³/mol. The summed E-state index contributed by atoms with van der Waals surface area (Å²) in [4.78, 5) is 17.6. The summed E-state index contributed by atoms with van der Waals surface area (Å²) in [6, 6.07) is 14.5. The van der Waals surface area contributed by atoms with Crippen LogP contribution in [-0.2, 0) is 11.3 Å².